The topological polar surface area (TPSA) is 62.7 Å². The molecule has 2 aromatic heterocycles. The van der Waals surface area contributed by atoms with E-state index in [2.05, 4.69) is 16.3 Å². The first-order valence-electron chi connectivity index (χ1n) is 8.11. The normalized spacial score (nSPS) is 17.0. The van der Waals surface area contributed by atoms with Crippen molar-refractivity contribution >= 4 is 0 Å². The number of rotatable bonds is 3. The minimum atomic E-state index is -0.281. The molecule has 1 aromatic carbocycles. The quantitative estimate of drug-likeness (QED) is 0.690. The third-order valence-electron chi connectivity index (χ3n) is 4.61. The van der Waals surface area contributed by atoms with Crippen LogP contribution in [-0.4, -0.2) is 37.3 Å². The van der Waals surface area contributed by atoms with Gasteiger partial charge in [0.1, 0.15) is 5.82 Å². The van der Waals surface area contributed by atoms with E-state index < -0.39 is 0 Å². The van der Waals surface area contributed by atoms with Crippen LogP contribution in [0.5, 0.6) is 0 Å². The predicted molar refractivity (Wildman–Crippen MR) is 90.7 cm³/mol. The Balaban J connectivity index is 1.64. The van der Waals surface area contributed by atoms with E-state index in [0.717, 1.165) is 29.8 Å². The van der Waals surface area contributed by atoms with E-state index in [9.17, 15) is 4.39 Å². The largest absolute Gasteiger partial charge is 0.332 e. The number of halogens is 1. The highest BCUT2D eigenvalue weighted by Crippen LogP contribution is 2.29. The van der Waals surface area contributed by atoms with E-state index in [-0.39, 0.29) is 11.9 Å². The lowest BCUT2D eigenvalue weighted by atomic mass is 10.0. The van der Waals surface area contributed by atoms with Crippen molar-refractivity contribution in [2.75, 3.05) is 13.1 Å². The van der Waals surface area contributed by atoms with E-state index in [4.69, 9.17) is 5.26 Å². The molecule has 1 atom stereocenters. The molecular formula is C18H17FN6. The molecule has 0 bridgehead atoms. The Kier molecular flexibility index (Phi) is 3.73. The number of aryl methyl sites for hydroxylation is 1. The van der Waals surface area contributed by atoms with Crippen LogP contribution in [0.3, 0.4) is 0 Å². The van der Waals surface area contributed by atoms with Gasteiger partial charge in [0.2, 0.25) is 0 Å². The predicted octanol–water partition coefficient (Wildman–Crippen LogP) is 2.82. The smallest absolute Gasteiger partial charge is 0.179 e. The van der Waals surface area contributed by atoms with Crippen molar-refractivity contribution < 1.29 is 4.39 Å². The first-order valence-corrected chi connectivity index (χ1v) is 8.11. The summed E-state index contributed by atoms with van der Waals surface area (Å²) in [6, 6.07) is 5.25. The van der Waals surface area contributed by atoms with Gasteiger partial charge in [0, 0.05) is 49.2 Å². The second-order valence-electron chi connectivity index (χ2n) is 6.29. The average Bonchev–Trinajstić information content (AvgIpc) is 3.35. The summed E-state index contributed by atoms with van der Waals surface area (Å²) >= 11 is 0. The van der Waals surface area contributed by atoms with Gasteiger partial charge in [0.25, 0.3) is 0 Å². The van der Waals surface area contributed by atoms with E-state index in [1.165, 1.54) is 6.07 Å². The minimum Gasteiger partial charge on any atom is -0.332 e. The van der Waals surface area contributed by atoms with Crippen LogP contribution in [0.25, 0.3) is 22.4 Å². The first kappa shape index (κ1) is 15.4. The molecule has 0 spiro atoms. The number of aromatic nitrogens is 4. The zero-order valence-corrected chi connectivity index (χ0v) is 13.8. The molecule has 6 nitrogen and oxygen atoms in total. The molecule has 126 valence electrons. The van der Waals surface area contributed by atoms with Gasteiger partial charge in [-0.3, -0.25) is 4.68 Å². The maximum Gasteiger partial charge on any atom is 0.179 e. The molecule has 0 aliphatic carbocycles. The van der Waals surface area contributed by atoms with Gasteiger partial charge in [-0.1, -0.05) is 0 Å². The van der Waals surface area contributed by atoms with Crippen molar-refractivity contribution in [3.05, 3.63) is 48.9 Å². The Morgan fingerprint density at radius 2 is 2.16 bits per heavy atom. The van der Waals surface area contributed by atoms with Gasteiger partial charge >= 0.3 is 0 Å². The minimum absolute atomic E-state index is 0.249. The number of hydrogen-bond donors (Lipinski definition) is 0. The highest BCUT2D eigenvalue weighted by atomic mass is 19.1. The summed E-state index contributed by atoms with van der Waals surface area (Å²) in [5.74, 6) is -0.281. The number of benzene rings is 1. The van der Waals surface area contributed by atoms with Gasteiger partial charge in [-0.15, -0.1) is 0 Å². The van der Waals surface area contributed by atoms with Crippen LogP contribution in [0.4, 0.5) is 4.39 Å². The Bertz CT molecular complexity index is 951. The number of hydrogen-bond acceptors (Lipinski definition) is 4. The summed E-state index contributed by atoms with van der Waals surface area (Å²) in [6.07, 6.45) is 10.3. The molecule has 0 N–H and O–H groups in total. The molecular weight excluding hydrogens is 319 g/mol. The fourth-order valence-corrected chi connectivity index (χ4v) is 3.23. The third kappa shape index (κ3) is 2.87. The van der Waals surface area contributed by atoms with Crippen molar-refractivity contribution in [3.63, 3.8) is 0 Å². The van der Waals surface area contributed by atoms with E-state index in [1.54, 1.807) is 47.5 Å². The fourth-order valence-electron chi connectivity index (χ4n) is 3.23. The Morgan fingerprint density at radius 3 is 2.88 bits per heavy atom. The summed E-state index contributed by atoms with van der Waals surface area (Å²) < 4.78 is 17.9. The molecule has 0 radical (unpaired) electrons. The number of likely N-dealkylation sites (tertiary alicyclic amines) is 1. The van der Waals surface area contributed by atoms with E-state index in [1.807, 2.05) is 10.8 Å². The second kappa shape index (κ2) is 6.06. The molecule has 3 aromatic rings. The molecule has 1 aliphatic rings. The second-order valence-corrected chi connectivity index (χ2v) is 6.29. The maximum absolute atomic E-state index is 14.2. The zero-order valence-electron chi connectivity index (χ0n) is 13.8. The summed E-state index contributed by atoms with van der Waals surface area (Å²) in [4.78, 5) is 6.22. The highest BCUT2D eigenvalue weighted by Gasteiger charge is 2.23. The fraction of sp³-hybridized carbons (Fsp3) is 0.278. The highest BCUT2D eigenvalue weighted by molar-refractivity contribution is 5.71. The van der Waals surface area contributed by atoms with Crippen molar-refractivity contribution in [2.24, 2.45) is 7.05 Å². The lowest BCUT2D eigenvalue weighted by Gasteiger charge is -2.10. The molecule has 4 rings (SSSR count). The summed E-state index contributed by atoms with van der Waals surface area (Å²) in [7, 11) is 1.80. The molecule has 0 saturated carbocycles. The van der Waals surface area contributed by atoms with Gasteiger partial charge in [-0.25, -0.2) is 9.37 Å². The Morgan fingerprint density at radius 1 is 1.28 bits per heavy atom. The summed E-state index contributed by atoms with van der Waals surface area (Å²) in [5.41, 5.74) is 2.90. The van der Waals surface area contributed by atoms with Crippen molar-refractivity contribution in [2.45, 2.75) is 12.5 Å². The molecule has 0 amide bonds. The molecule has 0 unspecified atom stereocenters. The molecule has 25 heavy (non-hydrogen) atoms. The van der Waals surface area contributed by atoms with Crippen LogP contribution in [-0.2, 0) is 7.05 Å². The van der Waals surface area contributed by atoms with Crippen molar-refractivity contribution in [1.29, 1.82) is 5.26 Å². The first-order chi connectivity index (χ1) is 12.1. The zero-order chi connectivity index (χ0) is 17.4. The number of imidazole rings is 1. The molecule has 7 heteroatoms. The number of nitrogens with zero attached hydrogens (tertiary/aromatic N) is 6. The van der Waals surface area contributed by atoms with E-state index in [0.29, 0.717) is 12.1 Å². The van der Waals surface area contributed by atoms with Crippen LogP contribution >= 0.6 is 0 Å². The van der Waals surface area contributed by atoms with Crippen LogP contribution in [0, 0.1) is 17.3 Å². The maximum atomic E-state index is 14.2. The van der Waals surface area contributed by atoms with Gasteiger partial charge in [0.15, 0.2) is 6.19 Å². The van der Waals surface area contributed by atoms with Crippen molar-refractivity contribution in [1.82, 2.24) is 24.2 Å². The third-order valence-corrected chi connectivity index (χ3v) is 4.61. The molecule has 1 saturated heterocycles. The SMILES string of the molecule is Cn1cc(-c2cc(-c3cn([C@@H]4CCN(C#N)C4)cn3)ccc2F)cn1. The van der Waals surface area contributed by atoms with Gasteiger partial charge in [-0.05, 0) is 24.6 Å². The average molecular weight is 336 g/mol. The van der Waals surface area contributed by atoms with Crippen LogP contribution in [0.15, 0.2) is 43.1 Å². The monoisotopic (exact) mass is 336 g/mol. The van der Waals surface area contributed by atoms with Gasteiger partial charge < -0.3 is 9.47 Å². The van der Waals surface area contributed by atoms with Gasteiger partial charge in [-0.2, -0.15) is 10.4 Å². The van der Waals surface area contributed by atoms with Crippen LogP contribution in [0.1, 0.15) is 12.5 Å². The van der Waals surface area contributed by atoms with Crippen LogP contribution < -0.4 is 0 Å². The molecule has 1 aliphatic heterocycles. The molecule has 1 fully saturated rings. The standard InChI is InChI=1S/C18H17FN6/c1-23-8-14(7-22-23)16-6-13(2-3-17(16)19)18-10-25(12-21-18)15-4-5-24(9-15)11-20/h2-3,6-8,10,12,15H,4-5,9H2,1H3/t15-/m1/s1. The lowest BCUT2D eigenvalue weighted by molar-refractivity contribution is 0.447. The van der Waals surface area contributed by atoms with Gasteiger partial charge in [0.05, 0.1) is 24.3 Å². The van der Waals surface area contributed by atoms with Crippen LogP contribution in [0.2, 0.25) is 0 Å². The molecule has 3 heterocycles. The Labute approximate surface area is 144 Å². The number of nitriles is 1. The summed E-state index contributed by atoms with van der Waals surface area (Å²) in [5, 5.41) is 13.1. The van der Waals surface area contributed by atoms with Crippen molar-refractivity contribution in [3.8, 4) is 28.6 Å². The lowest BCUT2D eigenvalue weighted by Crippen LogP contribution is -2.15. The summed E-state index contributed by atoms with van der Waals surface area (Å²) in [6.45, 7) is 1.48. The Hall–Kier alpha value is -3.14. The van der Waals surface area contributed by atoms with E-state index >= 15 is 0 Å².